The minimum Gasteiger partial charge on any atom is -0.461 e. The Bertz CT molecular complexity index is 399. The lowest BCUT2D eigenvalue weighted by atomic mass is 10.0. The van der Waals surface area contributed by atoms with Crippen LogP contribution in [-0.2, 0) is 4.79 Å². The van der Waals surface area contributed by atoms with Crippen molar-refractivity contribution in [3.8, 4) is 0 Å². The summed E-state index contributed by atoms with van der Waals surface area (Å²) in [5.74, 6) is -6.30. The van der Waals surface area contributed by atoms with Crippen LogP contribution >= 0.6 is 0 Å². The lowest BCUT2D eigenvalue weighted by Crippen LogP contribution is -2.28. The van der Waals surface area contributed by atoms with Crippen molar-refractivity contribution in [2.24, 2.45) is 0 Å². The summed E-state index contributed by atoms with van der Waals surface area (Å²) in [7, 11) is 0. The molecule has 1 rings (SSSR count). The fourth-order valence-corrected chi connectivity index (χ4v) is 0.925. The number of carbonyl (C=O) groups is 2. The molecule has 0 amide bonds. The van der Waals surface area contributed by atoms with Gasteiger partial charge < -0.3 is 4.42 Å². The predicted octanol–water partition coefficient (Wildman–Crippen LogP) is 2.24. The maximum atomic E-state index is 12.6. The first-order chi connectivity index (χ1) is 6.84. The van der Waals surface area contributed by atoms with Crippen molar-refractivity contribution in [2.75, 3.05) is 0 Å². The van der Waals surface area contributed by atoms with Gasteiger partial charge in [-0.2, -0.15) is 8.78 Å². The van der Waals surface area contributed by atoms with Crippen LogP contribution < -0.4 is 0 Å². The van der Waals surface area contributed by atoms with Gasteiger partial charge in [0.2, 0.25) is 11.6 Å². The van der Waals surface area contributed by atoms with Gasteiger partial charge in [-0.25, -0.2) is 0 Å². The molecule has 0 aromatic carbocycles. The van der Waals surface area contributed by atoms with Gasteiger partial charge >= 0.3 is 5.92 Å². The highest BCUT2D eigenvalue weighted by molar-refractivity contribution is 6.26. The minimum atomic E-state index is -3.60. The Labute approximate surface area is 84.4 Å². The highest BCUT2D eigenvalue weighted by atomic mass is 19.3. The highest BCUT2D eigenvalue weighted by Gasteiger charge is 2.37. The molecule has 80 valence electrons. The molecule has 0 unspecified atom stereocenters. The van der Waals surface area contributed by atoms with Crippen LogP contribution in [-0.4, -0.2) is 17.5 Å². The average Bonchev–Trinajstić information content (AvgIpc) is 2.65. The number of carbonyl (C=O) groups excluding carboxylic acids is 2. The van der Waals surface area contributed by atoms with E-state index < -0.39 is 23.1 Å². The number of alkyl halides is 2. The van der Waals surface area contributed by atoms with Crippen LogP contribution in [0, 0.1) is 0 Å². The highest BCUT2D eigenvalue weighted by Crippen LogP contribution is 2.20. The summed E-state index contributed by atoms with van der Waals surface area (Å²) in [6, 6.07) is 2.68. The fraction of sp³-hybridized carbons (Fsp3) is 0.200. The molecule has 0 atom stereocenters. The third-order valence-electron chi connectivity index (χ3n) is 1.69. The zero-order valence-corrected chi connectivity index (χ0v) is 7.92. The van der Waals surface area contributed by atoms with Crippen LogP contribution in [0.25, 0.3) is 0 Å². The summed E-state index contributed by atoms with van der Waals surface area (Å²) in [5, 5.41) is 0. The first kappa shape index (κ1) is 11.3. The molecule has 0 spiro atoms. The van der Waals surface area contributed by atoms with Crippen molar-refractivity contribution in [3.05, 3.63) is 36.3 Å². The van der Waals surface area contributed by atoms with Gasteiger partial charge in [-0.3, -0.25) is 9.59 Å². The Hall–Kier alpha value is -1.78. The maximum absolute atomic E-state index is 12.6. The van der Waals surface area contributed by atoms with Crippen molar-refractivity contribution >= 4 is 11.6 Å². The monoisotopic (exact) mass is 214 g/mol. The molecule has 0 saturated heterocycles. The molecule has 0 fully saturated rings. The lowest BCUT2D eigenvalue weighted by Gasteiger charge is -2.08. The second-order valence-electron chi connectivity index (χ2n) is 3.00. The van der Waals surface area contributed by atoms with Crippen LogP contribution in [0.15, 0.2) is 35.0 Å². The van der Waals surface area contributed by atoms with Crippen LogP contribution in [0.1, 0.15) is 17.5 Å². The van der Waals surface area contributed by atoms with Gasteiger partial charge in [-0.05, 0) is 12.1 Å². The Morgan fingerprint density at radius 1 is 1.47 bits per heavy atom. The number of hydrogen-bond donors (Lipinski definition) is 0. The van der Waals surface area contributed by atoms with Gasteiger partial charge in [-0.15, -0.1) is 0 Å². The summed E-state index contributed by atoms with van der Waals surface area (Å²) in [6.45, 7) is 3.45. The number of furan rings is 1. The quantitative estimate of drug-likeness (QED) is 0.334. The van der Waals surface area contributed by atoms with Crippen LogP contribution in [0.4, 0.5) is 8.78 Å². The Morgan fingerprint density at radius 3 is 2.47 bits per heavy atom. The van der Waals surface area contributed by atoms with Crippen molar-refractivity contribution in [1.29, 1.82) is 0 Å². The average molecular weight is 214 g/mol. The maximum Gasteiger partial charge on any atom is 0.307 e. The van der Waals surface area contributed by atoms with Crippen molar-refractivity contribution in [2.45, 2.75) is 12.8 Å². The number of halogens is 2. The fourth-order valence-electron chi connectivity index (χ4n) is 0.925. The molecule has 15 heavy (non-hydrogen) atoms. The zero-order chi connectivity index (χ0) is 11.6. The smallest absolute Gasteiger partial charge is 0.307 e. The van der Waals surface area contributed by atoms with E-state index in [9.17, 15) is 18.4 Å². The van der Waals surface area contributed by atoms with Crippen molar-refractivity contribution < 1.29 is 22.8 Å². The number of allylic oxidation sites excluding steroid dienone is 1. The van der Waals surface area contributed by atoms with E-state index in [4.69, 9.17) is 0 Å². The minimum absolute atomic E-state index is 0.183. The summed E-state index contributed by atoms with van der Waals surface area (Å²) in [4.78, 5) is 22.3. The van der Waals surface area contributed by atoms with Crippen molar-refractivity contribution in [1.82, 2.24) is 0 Å². The zero-order valence-electron chi connectivity index (χ0n) is 7.92. The van der Waals surface area contributed by atoms with Gasteiger partial charge in [0.15, 0.2) is 5.76 Å². The van der Waals surface area contributed by atoms with Gasteiger partial charge in [0, 0.05) is 6.92 Å². The SMILES string of the molecule is C=C(C(=O)c1ccco1)C(=O)C(C)(F)F. The number of ketones is 2. The molecule has 0 aliphatic rings. The number of Topliss-reactive ketones (excluding diaryl/α,β-unsaturated/α-hetero) is 2. The first-order valence-electron chi connectivity index (χ1n) is 4.03. The standard InChI is InChI=1S/C10H8F2O3/c1-6(9(14)10(2,11)12)8(13)7-4-3-5-15-7/h3-5H,1H2,2H3. The molecule has 0 radical (unpaired) electrons. The van der Waals surface area contributed by atoms with Gasteiger partial charge in [0.1, 0.15) is 0 Å². The van der Waals surface area contributed by atoms with Crippen LogP contribution in [0.2, 0.25) is 0 Å². The van der Waals surface area contributed by atoms with E-state index in [0.29, 0.717) is 6.92 Å². The molecular formula is C10H8F2O3. The second-order valence-corrected chi connectivity index (χ2v) is 3.00. The number of rotatable bonds is 4. The molecule has 0 saturated carbocycles. The van der Waals surface area contributed by atoms with Gasteiger partial charge in [-0.1, -0.05) is 6.58 Å². The molecule has 5 heteroatoms. The van der Waals surface area contributed by atoms with Gasteiger partial charge in [0.25, 0.3) is 0 Å². The van der Waals surface area contributed by atoms with E-state index in [1.165, 1.54) is 18.4 Å². The van der Waals surface area contributed by atoms with Crippen molar-refractivity contribution in [3.63, 3.8) is 0 Å². The Morgan fingerprint density at radius 2 is 2.07 bits per heavy atom. The van der Waals surface area contributed by atoms with E-state index in [0.717, 1.165) is 0 Å². The Kier molecular flexibility index (Phi) is 2.83. The van der Waals surface area contributed by atoms with E-state index in [1.54, 1.807) is 0 Å². The van der Waals surface area contributed by atoms with E-state index in [-0.39, 0.29) is 5.76 Å². The van der Waals surface area contributed by atoms with Crippen LogP contribution in [0.5, 0.6) is 0 Å². The largest absolute Gasteiger partial charge is 0.461 e. The van der Waals surface area contributed by atoms with E-state index in [1.807, 2.05) is 0 Å². The molecule has 0 aliphatic heterocycles. The molecule has 1 aromatic rings. The third-order valence-corrected chi connectivity index (χ3v) is 1.69. The third kappa shape index (κ3) is 2.37. The molecule has 0 N–H and O–H groups in total. The molecule has 3 nitrogen and oxygen atoms in total. The summed E-state index contributed by atoms with van der Waals surface area (Å²) in [5.41, 5.74) is -0.780. The molecule has 0 bridgehead atoms. The molecule has 0 aliphatic carbocycles. The summed E-state index contributed by atoms with van der Waals surface area (Å²) >= 11 is 0. The Balaban J connectivity index is 2.88. The molecule has 1 heterocycles. The first-order valence-corrected chi connectivity index (χ1v) is 4.03. The van der Waals surface area contributed by atoms with Gasteiger partial charge in [0.05, 0.1) is 11.8 Å². The van der Waals surface area contributed by atoms with E-state index >= 15 is 0 Å². The second kappa shape index (κ2) is 3.76. The molecular weight excluding hydrogens is 206 g/mol. The normalized spacial score (nSPS) is 11.1. The predicted molar refractivity (Wildman–Crippen MR) is 47.8 cm³/mol. The number of hydrogen-bond acceptors (Lipinski definition) is 3. The summed E-state index contributed by atoms with van der Waals surface area (Å²) < 4.78 is 29.8. The van der Waals surface area contributed by atoms with Crippen LogP contribution in [0.3, 0.4) is 0 Å². The topological polar surface area (TPSA) is 47.3 Å². The molecule has 1 aromatic heterocycles. The van der Waals surface area contributed by atoms with E-state index in [2.05, 4.69) is 11.0 Å². The summed E-state index contributed by atoms with van der Waals surface area (Å²) in [6.07, 6.45) is 1.20. The lowest BCUT2D eigenvalue weighted by molar-refractivity contribution is -0.135.